The Labute approximate surface area is 119 Å². The van der Waals surface area contributed by atoms with E-state index in [1.165, 1.54) is 69.8 Å². The summed E-state index contributed by atoms with van der Waals surface area (Å²) in [5.41, 5.74) is 1.45. The molecule has 0 bridgehead atoms. The highest BCUT2D eigenvalue weighted by Crippen LogP contribution is 2.09. The van der Waals surface area contributed by atoms with E-state index in [-0.39, 0.29) is 0 Å². The maximum atomic E-state index is 2.37. The molecule has 0 heteroatoms. The third kappa shape index (κ3) is 9.53. The van der Waals surface area contributed by atoms with Crippen LogP contribution in [0, 0.1) is 0 Å². The molecule has 0 fully saturated rings. The predicted octanol–water partition coefficient (Wildman–Crippen LogP) is 6.32. The Balaban J connectivity index is 1.88. The highest BCUT2D eigenvalue weighted by atomic mass is 14.0. The lowest BCUT2D eigenvalue weighted by molar-refractivity contribution is 0.592. The summed E-state index contributed by atoms with van der Waals surface area (Å²) in [5.74, 6) is 0. The molecule has 0 aromatic heterocycles. The van der Waals surface area contributed by atoms with Crippen molar-refractivity contribution in [2.45, 2.75) is 71.1 Å². The van der Waals surface area contributed by atoms with Crippen LogP contribution < -0.4 is 0 Å². The van der Waals surface area contributed by atoms with Crippen LogP contribution in [0.1, 0.15) is 70.3 Å². The number of unbranched alkanes of at least 4 members (excludes halogenated alkanes) is 7. The summed E-state index contributed by atoms with van der Waals surface area (Å²) in [7, 11) is 0. The molecule has 0 aliphatic heterocycles. The van der Waals surface area contributed by atoms with Gasteiger partial charge in [-0.2, -0.15) is 0 Å². The second-order valence-electron chi connectivity index (χ2n) is 5.41. The summed E-state index contributed by atoms with van der Waals surface area (Å²) < 4.78 is 0. The number of allylic oxidation sites excluding steroid dienone is 2. The smallest absolute Gasteiger partial charge is 0.0244 e. The van der Waals surface area contributed by atoms with Gasteiger partial charge in [-0.05, 0) is 31.2 Å². The predicted molar refractivity (Wildman–Crippen MR) is 86.5 cm³/mol. The molecule has 1 aromatic rings. The first-order valence-electron chi connectivity index (χ1n) is 8.12. The van der Waals surface area contributed by atoms with Crippen LogP contribution in [-0.2, 0) is 6.42 Å². The van der Waals surface area contributed by atoms with Crippen LogP contribution in [-0.4, -0.2) is 0 Å². The normalized spacial score (nSPS) is 11.2. The molecule has 1 rings (SSSR count). The van der Waals surface area contributed by atoms with E-state index in [0.29, 0.717) is 0 Å². The average molecular weight is 258 g/mol. The molecule has 0 aliphatic rings. The van der Waals surface area contributed by atoms with E-state index in [0.717, 1.165) is 0 Å². The highest BCUT2D eigenvalue weighted by molar-refractivity contribution is 5.15. The summed E-state index contributed by atoms with van der Waals surface area (Å²) in [5, 5.41) is 0. The molecule has 0 saturated heterocycles. The Morgan fingerprint density at radius 2 is 1.37 bits per heavy atom. The second kappa shape index (κ2) is 12.0. The van der Waals surface area contributed by atoms with Crippen LogP contribution >= 0.6 is 0 Å². The van der Waals surface area contributed by atoms with E-state index in [2.05, 4.69) is 49.4 Å². The summed E-state index contributed by atoms with van der Waals surface area (Å²) in [4.78, 5) is 0. The minimum atomic E-state index is 1.17. The summed E-state index contributed by atoms with van der Waals surface area (Å²) in [6.07, 6.45) is 18.2. The first kappa shape index (κ1) is 16.0. The van der Waals surface area contributed by atoms with Crippen LogP contribution in [0.4, 0.5) is 0 Å². The van der Waals surface area contributed by atoms with Crippen molar-refractivity contribution in [1.29, 1.82) is 0 Å². The van der Waals surface area contributed by atoms with Crippen molar-refractivity contribution in [3.63, 3.8) is 0 Å². The van der Waals surface area contributed by atoms with Gasteiger partial charge in [0.15, 0.2) is 0 Å². The van der Waals surface area contributed by atoms with Gasteiger partial charge in [0.25, 0.3) is 0 Å². The van der Waals surface area contributed by atoms with Crippen LogP contribution in [0.5, 0.6) is 0 Å². The molecule has 0 N–H and O–H groups in total. The van der Waals surface area contributed by atoms with Gasteiger partial charge in [0.2, 0.25) is 0 Å². The third-order valence-electron chi connectivity index (χ3n) is 3.58. The van der Waals surface area contributed by atoms with Crippen molar-refractivity contribution in [2.75, 3.05) is 0 Å². The zero-order valence-corrected chi connectivity index (χ0v) is 12.6. The third-order valence-corrected chi connectivity index (χ3v) is 3.58. The Bertz CT molecular complexity index is 310. The highest BCUT2D eigenvalue weighted by Gasteiger charge is 1.90. The topological polar surface area (TPSA) is 0 Å². The van der Waals surface area contributed by atoms with Crippen LogP contribution in [0.2, 0.25) is 0 Å². The molecule has 0 radical (unpaired) electrons. The van der Waals surface area contributed by atoms with E-state index < -0.39 is 0 Å². The summed E-state index contributed by atoms with van der Waals surface area (Å²) in [6, 6.07) is 10.8. The summed E-state index contributed by atoms with van der Waals surface area (Å²) >= 11 is 0. The van der Waals surface area contributed by atoms with E-state index in [9.17, 15) is 0 Å². The largest absolute Gasteiger partial charge is 0.0885 e. The average Bonchev–Trinajstić information content (AvgIpc) is 2.46. The summed E-state index contributed by atoms with van der Waals surface area (Å²) in [6.45, 7) is 2.28. The molecule has 0 unspecified atom stereocenters. The van der Waals surface area contributed by atoms with Gasteiger partial charge in [-0.15, -0.1) is 0 Å². The van der Waals surface area contributed by atoms with Crippen molar-refractivity contribution < 1.29 is 0 Å². The van der Waals surface area contributed by atoms with E-state index >= 15 is 0 Å². The molecular formula is C19H30. The van der Waals surface area contributed by atoms with Gasteiger partial charge in [0.05, 0.1) is 0 Å². The number of aryl methyl sites for hydroxylation is 1. The van der Waals surface area contributed by atoms with Crippen molar-refractivity contribution in [3.8, 4) is 0 Å². The van der Waals surface area contributed by atoms with Crippen molar-refractivity contribution in [3.05, 3.63) is 48.0 Å². The Kier molecular flexibility index (Phi) is 10.1. The van der Waals surface area contributed by atoms with Gasteiger partial charge < -0.3 is 0 Å². The number of benzene rings is 1. The Morgan fingerprint density at radius 3 is 2.11 bits per heavy atom. The minimum absolute atomic E-state index is 1.17. The molecular weight excluding hydrogens is 228 g/mol. The fourth-order valence-corrected chi connectivity index (χ4v) is 2.35. The first-order chi connectivity index (χ1) is 9.43. The molecule has 0 heterocycles. The number of rotatable bonds is 11. The lowest BCUT2D eigenvalue weighted by atomic mass is 10.1. The van der Waals surface area contributed by atoms with Gasteiger partial charge in [0, 0.05) is 0 Å². The van der Waals surface area contributed by atoms with E-state index in [1.54, 1.807) is 0 Å². The second-order valence-corrected chi connectivity index (χ2v) is 5.41. The molecule has 0 spiro atoms. The quantitative estimate of drug-likeness (QED) is 0.322. The maximum absolute atomic E-state index is 2.37. The molecule has 106 valence electrons. The van der Waals surface area contributed by atoms with Crippen LogP contribution in [0.15, 0.2) is 42.5 Å². The van der Waals surface area contributed by atoms with Crippen molar-refractivity contribution in [1.82, 2.24) is 0 Å². The molecule has 0 atom stereocenters. The number of hydrogen-bond donors (Lipinski definition) is 0. The molecule has 0 amide bonds. The van der Waals surface area contributed by atoms with Gasteiger partial charge in [-0.3, -0.25) is 0 Å². The lowest BCUT2D eigenvalue weighted by Crippen LogP contribution is -1.81. The lowest BCUT2D eigenvalue weighted by Gasteiger charge is -1.99. The van der Waals surface area contributed by atoms with Gasteiger partial charge >= 0.3 is 0 Å². The molecule has 0 aliphatic carbocycles. The molecule has 19 heavy (non-hydrogen) atoms. The standard InChI is InChI=1S/C19H30/c1-2-3-4-5-6-7-8-9-10-11-13-16-19-17-14-12-15-18-19/h10-12,14-15,17-18H,2-9,13,16H2,1H3. The van der Waals surface area contributed by atoms with Crippen LogP contribution in [0.25, 0.3) is 0 Å². The SMILES string of the molecule is CCCCCCCCCC=CCCc1ccccc1. The first-order valence-corrected chi connectivity index (χ1v) is 8.12. The number of hydrogen-bond acceptors (Lipinski definition) is 0. The van der Waals surface area contributed by atoms with Gasteiger partial charge in [0.1, 0.15) is 0 Å². The fourth-order valence-electron chi connectivity index (χ4n) is 2.35. The Hall–Kier alpha value is -1.04. The minimum Gasteiger partial charge on any atom is -0.0885 e. The zero-order chi connectivity index (χ0) is 13.6. The van der Waals surface area contributed by atoms with E-state index in [4.69, 9.17) is 0 Å². The molecule has 0 nitrogen and oxygen atoms in total. The molecule has 1 aromatic carbocycles. The Morgan fingerprint density at radius 1 is 0.737 bits per heavy atom. The van der Waals surface area contributed by atoms with E-state index in [1.807, 2.05) is 0 Å². The van der Waals surface area contributed by atoms with Crippen molar-refractivity contribution in [2.24, 2.45) is 0 Å². The zero-order valence-electron chi connectivity index (χ0n) is 12.6. The monoisotopic (exact) mass is 258 g/mol. The fraction of sp³-hybridized carbons (Fsp3) is 0.579. The van der Waals surface area contributed by atoms with Gasteiger partial charge in [-0.25, -0.2) is 0 Å². The van der Waals surface area contributed by atoms with Gasteiger partial charge in [-0.1, -0.05) is 87.9 Å². The van der Waals surface area contributed by atoms with Crippen LogP contribution in [0.3, 0.4) is 0 Å². The maximum Gasteiger partial charge on any atom is -0.0244 e. The molecule has 0 saturated carbocycles. The van der Waals surface area contributed by atoms with Crippen molar-refractivity contribution >= 4 is 0 Å².